The van der Waals surface area contributed by atoms with E-state index in [1.165, 1.54) is 65.3 Å². The first kappa shape index (κ1) is 32.6. The summed E-state index contributed by atoms with van der Waals surface area (Å²) in [7, 11) is 0. The molecule has 3 heteroatoms. The third kappa shape index (κ3) is 5.07. The fourth-order valence-corrected chi connectivity index (χ4v) is 9.39. The van der Waals surface area contributed by atoms with Crippen molar-refractivity contribution in [3.8, 4) is 5.69 Å². The van der Waals surface area contributed by atoms with Crippen molar-refractivity contribution in [3.63, 3.8) is 0 Å². The molecule has 0 saturated carbocycles. The number of aromatic nitrogens is 1. The van der Waals surface area contributed by atoms with Crippen LogP contribution < -0.4 is 4.90 Å². The monoisotopic (exact) mass is 740 g/mol. The molecule has 2 heterocycles. The lowest BCUT2D eigenvalue weighted by Crippen LogP contribution is -2.11. The Morgan fingerprint density at radius 2 is 1.07 bits per heavy atom. The molecule has 2 aromatic heterocycles. The normalized spacial score (nSPS) is 11.9. The minimum Gasteiger partial charge on any atom is -0.454 e. The van der Waals surface area contributed by atoms with Crippen LogP contribution in [0.15, 0.2) is 211 Å². The smallest absolute Gasteiger partial charge is 0.159 e. The zero-order valence-electron chi connectivity index (χ0n) is 31.6. The third-order valence-electron chi connectivity index (χ3n) is 11.9. The van der Waals surface area contributed by atoms with E-state index in [1.54, 1.807) is 0 Å². The molecule has 0 fully saturated rings. The van der Waals surface area contributed by atoms with Crippen LogP contribution in [0.25, 0.3) is 81.7 Å². The van der Waals surface area contributed by atoms with Gasteiger partial charge in [0.1, 0.15) is 5.58 Å². The van der Waals surface area contributed by atoms with Crippen LogP contribution in [0.2, 0.25) is 0 Å². The molecule has 0 saturated heterocycles. The molecule has 0 aliphatic rings. The number of fused-ring (bicyclic) bond motifs is 11. The number of hydrogen-bond acceptors (Lipinski definition) is 2. The maximum atomic E-state index is 7.02. The number of anilines is 3. The number of nitrogens with zero attached hydrogens (tertiary/aromatic N) is 2. The van der Waals surface area contributed by atoms with E-state index in [2.05, 4.69) is 216 Å². The summed E-state index contributed by atoms with van der Waals surface area (Å²) in [6, 6.07) is 74.7. The van der Waals surface area contributed by atoms with Gasteiger partial charge >= 0.3 is 0 Å². The summed E-state index contributed by atoms with van der Waals surface area (Å²) in [4.78, 5) is 2.39. The van der Waals surface area contributed by atoms with Gasteiger partial charge in [-0.2, -0.15) is 0 Å². The highest BCUT2D eigenvalue weighted by atomic mass is 16.3. The first-order chi connectivity index (χ1) is 28.8. The standard InChI is InChI=1S/C55H36N2O/c1-3-17-41(18-4-1)56(43-30-28-39-27-26-37-14-7-9-21-44(37)48(39)35-43)51-34-36(33-49-53-45-22-10-8-15-38(45)29-31-52(53)58-55(49)51)32-40-16-13-24-47-46-23-11-12-25-50(46)57(54(40)47)42-19-5-2-6-20-42/h1-31,33-35H,32H2. The van der Waals surface area contributed by atoms with Crippen LogP contribution in [-0.4, -0.2) is 4.57 Å². The fourth-order valence-electron chi connectivity index (χ4n) is 9.39. The Kier molecular flexibility index (Phi) is 7.29. The first-order valence-electron chi connectivity index (χ1n) is 20.0. The van der Waals surface area contributed by atoms with E-state index in [4.69, 9.17) is 4.42 Å². The maximum Gasteiger partial charge on any atom is 0.159 e. The lowest BCUT2D eigenvalue weighted by Gasteiger charge is -2.26. The summed E-state index contributed by atoms with van der Waals surface area (Å²) < 4.78 is 9.46. The minimum atomic E-state index is 0.728. The van der Waals surface area contributed by atoms with E-state index in [0.717, 1.165) is 51.1 Å². The Balaban J connectivity index is 1.15. The van der Waals surface area contributed by atoms with Gasteiger partial charge in [-0.05, 0) is 111 Å². The second-order valence-corrected chi connectivity index (χ2v) is 15.3. The summed E-state index contributed by atoms with van der Waals surface area (Å²) in [5.41, 5.74) is 11.0. The molecule has 58 heavy (non-hydrogen) atoms. The van der Waals surface area contributed by atoms with Gasteiger partial charge in [0, 0.05) is 38.6 Å². The van der Waals surface area contributed by atoms with Crippen LogP contribution in [0.3, 0.4) is 0 Å². The Bertz CT molecular complexity index is 3540. The molecule has 10 aromatic carbocycles. The van der Waals surface area contributed by atoms with Crippen molar-refractivity contribution in [3.05, 3.63) is 217 Å². The van der Waals surface area contributed by atoms with Crippen LogP contribution in [-0.2, 0) is 6.42 Å². The average molecular weight is 741 g/mol. The van der Waals surface area contributed by atoms with Gasteiger partial charge in [-0.15, -0.1) is 0 Å². The zero-order valence-corrected chi connectivity index (χ0v) is 31.6. The van der Waals surface area contributed by atoms with Gasteiger partial charge in [0.25, 0.3) is 0 Å². The van der Waals surface area contributed by atoms with Crippen molar-refractivity contribution in [2.45, 2.75) is 6.42 Å². The highest BCUT2D eigenvalue weighted by molar-refractivity contribution is 6.21. The molecule has 0 atom stereocenters. The molecular weight excluding hydrogens is 705 g/mol. The summed E-state index contributed by atoms with van der Waals surface area (Å²) in [6.07, 6.45) is 0.728. The maximum absolute atomic E-state index is 7.02. The number of hydrogen-bond donors (Lipinski definition) is 0. The quantitative estimate of drug-likeness (QED) is 0.158. The zero-order chi connectivity index (χ0) is 38.2. The molecule has 0 N–H and O–H groups in total. The SMILES string of the molecule is c1ccc(N(c2ccc3ccc4ccccc4c3c2)c2cc(Cc3cccc4c5ccccc5n(-c5ccccc5)c34)cc3c2oc2ccc4ccccc4c23)cc1. The lowest BCUT2D eigenvalue weighted by molar-refractivity contribution is 0.669. The molecule has 12 rings (SSSR count). The number of furan rings is 1. The lowest BCUT2D eigenvalue weighted by atomic mass is 9.97. The second-order valence-electron chi connectivity index (χ2n) is 15.3. The van der Waals surface area contributed by atoms with E-state index in [1.807, 2.05) is 0 Å². The predicted octanol–water partition coefficient (Wildman–Crippen LogP) is 15.2. The highest BCUT2D eigenvalue weighted by Gasteiger charge is 2.23. The number of benzene rings is 10. The Morgan fingerprint density at radius 1 is 0.431 bits per heavy atom. The number of para-hydroxylation sites is 4. The van der Waals surface area contributed by atoms with Crippen LogP contribution in [0.1, 0.15) is 11.1 Å². The van der Waals surface area contributed by atoms with E-state index in [0.29, 0.717) is 0 Å². The molecule has 12 aromatic rings. The minimum absolute atomic E-state index is 0.728. The topological polar surface area (TPSA) is 21.3 Å². The summed E-state index contributed by atoms with van der Waals surface area (Å²) in [6.45, 7) is 0. The van der Waals surface area contributed by atoms with Crippen LogP contribution >= 0.6 is 0 Å². The third-order valence-corrected chi connectivity index (χ3v) is 11.9. The second kappa shape index (κ2) is 13.0. The number of rotatable bonds is 6. The molecule has 0 aliphatic carbocycles. The first-order valence-corrected chi connectivity index (χ1v) is 20.0. The summed E-state index contributed by atoms with van der Waals surface area (Å²) in [5.74, 6) is 0. The van der Waals surface area contributed by atoms with Gasteiger partial charge < -0.3 is 13.9 Å². The van der Waals surface area contributed by atoms with Crippen LogP contribution in [0.4, 0.5) is 17.1 Å². The summed E-state index contributed by atoms with van der Waals surface area (Å²) in [5, 5.41) is 12.1. The van der Waals surface area contributed by atoms with Gasteiger partial charge in [0.15, 0.2) is 5.58 Å². The predicted molar refractivity (Wildman–Crippen MR) is 245 cm³/mol. The van der Waals surface area contributed by atoms with E-state index in [9.17, 15) is 0 Å². The van der Waals surface area contributed by atoms with Crippen molar-refractivity contribution >= 4 is 93.1 Å². The Morgan fingerprint density at radius 3 is 1.90 bits per heavy atom. The molecule has 0 aliphatic heterocycles. The molecule has 3 nitrogen and oxygen atoms in total. The van der Waals surface area contributed by atoms with E-state index < -0.39 is 0 Å². The van der Waals surface area contributed by atoms with Gasteiger partial charge in [-0.25, -0.2) is 0 Å². The average Bonchev–Trinajstić information content (AvgIpc) is 3.84. The van der Waals surface area contributed by atoms with Gasteiger partial charge in [-0.3, -0.25) is 0 Å². The van der Waals surface area contributed by atoms with Gasteiger partial charge in [0.05, 0.1) is 16.7 Å². The molecule has 0 unspecified atom stereocenters. The van der Waals surface area contributed by atoms with Crippen molar-refractivity contribution < 1.29 is 4.42 Å². The Labute approximate surface area is 335 Å². The molecular formula is C55H36N2O. The van der Waals surface area contributed by atoms with E-state index >= 15 is 0 Å². The molecule has 0 bridgehead atoms. The fraction of sp³-hybridized carbons (Fsp3) is 0.0182. The van der Waals surface area contributed by atoms with Crippen molar-refractivity contribution in [2.75, 3.05) is 4.90 Å². The molecule has 0 spiro atoms. The van der Waals surface area contributed by atoms with Crippen LogP contribution in [0, 0.1) is 0 Å². The van der Waals surface area contributed by atoms with E-state index in [-0.39, 0.29) is 0 Å². The highest BCUT2D eigenvalue weighted by Crippen LogP contribution is 2.46. The van der Waals surface area contributed by atoms with Gasteiger partial charge in [-0.1, -0.05) is 146 Å². The van der Waals surface area contributed by atoms with Crippen molar-refractivity contribution in [2.24, 2.45) is 0 Å². The summed E-state index contributed by atoms with van der Waals surface area (Å²) >= 11 is 0. The molecule has 272 valence electrons. The largest absolute Gasteiger partial charge is 0.454 e. The molecule has 0 radical (unpaired) electrons. The van der Waals surface area contributed by atoms with Crippen molar-refractivity contribution in [1.82, 2.24) is 4.57 Å². The van der Waals surface area contributed by atoms with Gasteiger partial charge in [0.2, 0.25) is 0 Å². The van der Waals surface area contributed by atoms with Crippen molar-refractivity contribution in [1.29, 1.82) is 0 Å². The molecule has 0 amide bonds. The Hall–Kier alpha value is -7.62. The van der Waals surface area contributed by atoms with Crippen LogP contribution in [0.5, 0.6) is 0 Å².